The predicted octanol–water partition coefficient (Wildman–Crippen LogP) is 4.21. The average molecular weight is 308 g/mol. The molecule has 2 aromatic rings. The van der Waals surface area contributed by atoms with Gasteiger partial charge in [-0.3, -0.25) is 0 Å². The normalized spacial score (nSPS) is 12.2. The van der Waals surface area contributed by atoms with Crippen LogP contribution >= 0.6 is 11.6 Å². The Kier molecular flexibility index (Phi) is 5.59. The van der Waals surface area contributed by atoms with Crippen molar-refractivity contribution >= 4 is 11.6 Å². The molecule has 2 aromatic carbocycles. The van der Waals surface area contributed by atoms with Crippen molar-refractivity contribution in [2.75, 3.05) is 7.11 Å². The summed E-state index contributed by atoms with van der Waals surface area (Å²) in [4.78, 5) is 0. The zero-order valence-corrected chi connectivity index (χ0v) is 13.0. The number of hydrogen-bond acceptors (Lipinski definition) is 2. The van der Waals surface area contributed by atoms with Gasteiger partial charge in [-0.05, 0) is 37.1 Å². The van der Waals surface area contributed by atoms with Crippen LogP contribution in [-0.4, -0.2) is 13.2 Å². The van der Waals surface area contributed by atoms with Crippen molar-refractivity contribution in [3.05, 3.63) is 64.4 Å². The van der Waals surface area contributed by atoms with E-state index >= 15 is 0 Å². The standard InChI is InChI=1S/C17H19ClFNO/c1-12(9-13-5-3-4-6-17(13)21-2)20-11-14-7-8-15(18)10-16(14)19/h3-8,10,12,20H,9,11H2,1-2H3. The highest BCUT2D eigenvalue weighted by Crippen LogP contribution is 2.19. The second kappa shape index (κ2) is 7.43. The number of benzene rings is 2. The molecular formula is C17H19ClFNO. The summed E-state index contributed by atoms with van der Waals surface area (Å²) < 4.78 is 19.0. The first kappa shape index (κ1) is 15.8. The minimum absolute atomic E-state index is 0.205. The van der Waals surface area contributed by atoms with E-state index in [4.69, 9.17) is 16.3 Å². The van der Waals surface area contributed by atoms with E-state index in [1.54, 1.807) is 19.2 Å². The van der Waals surface area contributed by atoms with E-state index in [9.17, 15) is 4.39 Å². The van der Waals surface area contributed by atoms with Crippen LogP contribution < -0.4 is 10.1 Å². The van der Waals surface area contributed by atoms with Gasteiger partial charge in [0.25, 0.3) is 0 Å². The lowest BCUT2D eigenvalue weighted by molar-refractivity contribution is 0.405. The maximum absolute atomic E-state index is 13.7. The molecule has 112 valence electrons. The molecule has 0 radical (unpaired) electrons. The molecule has 0 fully saturated rings. The molecule has 0 aliphatic carbocycles. The first-order valence-electron chi connectivity index (χ1n) is 6.89. The average Bonchev–Trinajstić information content (AvgIpc) is 2.47. The monoisotopic (exact) mass is 307 g/mol. The molecule has 2 rings (SSSR count). The van der Waals surface area contributed by atoms with E-state index in [1.165, 1.54) is 6.07 Å². The number of nitrogens with one attached hydrogen (secondary N) is 1. The summed E-state index contributed by atoms with van der Waals surface area (Å²) in [5.74, 6) is 0.600. The van der Waals surface area contributed by atoms with Crippen molar-refractivity contribution in [2.45, 2.75) is 25.9 Å². The highest BCUT2D eigenvalue weighted by Gasteiger charge is 2.09. The summed E-state index contributed by atoms with van der Waals surface area (Å²) >= 11 is 5.75. The van der Waals surface area contributed by atoms with Crippen LogP contribution in [-0.2, 0) is 13.0 Å². The Labute approximate surface area is 129 Å². The third kappa shape index (κ3) is 4.45. The van der Waals surface area contributed by atoms with Gasteiger partial charge in [0, 0.05) is 23.2 Å². The third-order valence-electron chi connectivity index (χ3n) is 3.37. The molecule has 4 heteroatoms. The van der Waals surface area contributed by atoms with Crippen LogP contribution in [0.4, 0.5) is 4.39 Å². The molecule has 0 saturated carbocycles. The fourth-order valence-corrected chi connectivity index (χ4v) is 2.38. The number of hydrogen-bond donors (Lipinski definition) is 1. The van der Waals surface area contributed by atoms with Crippen molar-refractivity contribution in [3.8, 4) is 5.75 Å². The van der Waals surface area contributed by atoms with Crippen molar-refractivity contribution < 1.29 is 9.13 Å². The van der Waals surface area contributed by atoms with Crippen LogP contribution in [0.1, 0.15) is 18.1 Å². The predicted molar refractivity (Wildman–Crippen MR) is 84.4 cm³/mol. The number of halogens is 2. The Morgan fingerprint density at radius 1 is 1.19 bits per heavy atom. The number of rotatable bonds is 6. The van der Waals surface area contributed by atoms with E-state index in [1.807, 2.05) is 24.3 Å². The van der Waals surface area contributed by atoms with Gasteiger partial charge in [0.05, 0.1) is 7.11 Å². The van der Waals surface area contributed by atoms with Gasteiger partial charge < -0.3 is 10.1 Å². The van der Waals surface area contributed by atoms with Crippen molar-refractivity contribution in [1.82, 2.24) is 5.32 Å². The topological polar surface area (TPSA) is 21.3 Å². The molecule has 1 N–H and O–H groups in total. The van der Waals surface area contributed by atoms with E-state index in [-0.39, 0.29) is 11.9 Å². The zero-order chi connectivity index (χ0) is 15.2. The first-order chi connectivity index (χ1) is 10.1. The van der Waals surface area contributed by atoms with E-state index in [0.29, 0.717) is 17.1 Å². The number of para-hydroxylation sites is 1. The maximum Gasteiger partial charge on any atom is 0.129 e. The van der Waals surface area contributed by atoms with Gasteiger partial charge in [0.1, 0.15) is 11.6 Å². The second-order valence-corrected chi connectivity index (χ2v) is 5.47. The Morgan fingerprint density at radius 3 is 2.67 bits per heavy atom. The van der Waals surface area contributed by atoms with Gasteiger partial charge >= 0.3 is 0 Å². The molecule has 21 heavy (non-hydrogen) atoms. The van der Waals surface area contributed by atoms with Crippen LogP contribution in [0.25, 0.3) is 0 Å². The molecular weight excluding hydrogens is 289 g/mol. The Balaban J connectivity index is 1.94. The van der Waals surface area contributed by atoms with Gasteiger partial charge in [-0.1, -0.05) is 35.9 Å². The van der Waals surface area contributed by atoms with Crippen LogP contribution in [0.5, 0.6) is 5.75 Å². The molecule has 0 amide bonds. The summed E-state index contributed by atoms with van der Waals surface area (Å²) in [6, 6.07) is 12.9. The van der Waals surface area contributed by atoms with Crippen LogP contribution in [0.3, 0.4) is 0 Å². The highest BCUT2D eigenvalue weighted by atomic mass is 35.5. The first-order valence-corrected chi connectivity index (χ1v) is 7.27. The minimum atomic E-state index is -0.278. The molecule has 0 aliphatic heterocycles. The van der Waals surface area contributed by atoms with Crippen LogP contribution in [0.15, 0.2) is 42.5 Å². The van der Waals surface area contributed by atoms with Crippen molar-refractivity contribution in [3.63, 3.8) is 0 Å². The van der Waals surface area contributed by atoms with E-state index in [2.05, 4.69) is 12.2 Å². The van der Waals surface area contributed by atoms with Crippen molar-refractivity contribution in [2.24, 2.45) is 0 Å². The van der Waals surface area contributed by atoms with Gasteiger partial charge in [-0.15, -0.1) is 0 Å². The lowest BCUT2D eigenvalue weighted by Gasteiger charge is -2.16. The molecule has 0 aliphatic rings. The highest BCUT2D eigenvalue weighted by molar-refractivity contribution is 6.30. The molecule has 0 aromatic heterocycles. The van der Waals surface area contributed by atoms with Gasteiger partial charge in [-0.2, -0.15) is 0 Å². The van der Waals surface area contributed by atoms with Crippen molar-refractivity contribution in [1.29, 1.82) is 0 Å². The molecule has 0 bridgehead atoms. The lowest BCUT2D eigenvalue weighted by atomic mass is 10.1. The summed E-state index contributed by atoms with van der Waals surface area (Å²) in [6.07, 6.45) is 0.819. The zero-order valence-electron chi connectivity index (χ0n) is 12.2. The van der Waals surface area contributed by atoms with Gasteiger partial charge in [0.2, 0.25) is 0 Å². The fraction of sp³-hybridized carbons (Fsp3) is 0.294. The molecule has 1 atom stereocenters. The number of methoxy groups -OCH3 is 1. The molecule has 2 nitrogen and oxygen atoms in total. The minimum Gasteiger partial charge on any atom is -0.496 e. The second-order valence-electron chi connectivity index (χ2n) is 5.03. The van der Waals surface area contributed by atoms with Gasteiger partial charge in [-0.25, -0.2) is 4.39 Å². The van der Waals surface area contributed by atoms with Crippen LogP contribution in [0, 0.1) is 5.82 Å². The lowest BCUT2D eigenvalue weighted by Crippen LogP contribution is -2.28. The van der Waals surface area contributed by atoms with E-state index in [0.717, 1.165) is 17.7 Å². The summed E-state index contributed by atoms with van der Waals surface area (Å²) in [5.41, 5.74) is 1.75. The fourth-order valence-electron chi connectivity index (χ4n) is 2.22. The molecule has 0 heterocycles. The third-order valence-corrected chi connectivity index (χ3v) is 3.61. The Morgan fingerprint density at radius 2 is 1.95 bits per heavy atom. The molecule has 0 spiro atoms. The summed E-state index contributed by atoms with van der Waals surface area (Å²) in [7, 11) is 1.67. The van der Waals surface area contributed by atoms with Gasteiger partial charge in [0.15, 0.2) is 0 Å². The SMILES string of the molecule is COc1ccccc1CC(C)NCc1ccc(Cl)cc1F. The Bertz CT molecular complexity index is 603. The van der Waals surface area contributed by atoms with Crippen LogP contribution in [0.2, 0.25) is 5.02 Å². The maximum atomic E-state index is 13.7. The molecule has 1 unspecified atom stereocenters. The quantitative estimate of drug-likeness (QED) is 0.863. The number of ether oxygens (including phenoxy) is 1. The smallest absolute Gasteiger partial charge is 0.129 e. The largest absolute Gasteiger partial charge is 0.496 e. The summed E-state index contributed by atoms with van der Waals surface area (Å²) in [5, 5.41) is 3.74. The summed E-state index contributed by atoms with van der Waals surface area (Å²) in [6.45, 7) is 2.54. The van der Waals surface area contributed by atoms with E-state index < -0.39 is 0 Å². The Hall–Kier alpha value is -1.58. The molecule has 0 saturated heterocycles.